The number of nitrogens with zero attached hydrogens (tertiary/aromatic N) is 5. The molecule has 0 unspecified atom stereocenters. The van der Waals surface area contributed by atoms with E-state index in [-0.39, 0.29) is 10.8 Å². The Kier molecular flexibility index (Phi) is 9.28. The van der Waals surface area contributed by atoms with Gasteiger partial charge in [-0.05, 0) is 152 Å². The maximum Gasteiger partial charge on any atom is 0.146 e. The van der Waals surface area contributed by atoms with E-state index >= 15 is 0 Å². The summed E-state index contributed by atoms with van der Waals surface area (Å²) in [7, 11) is 0. The summed E-state index contributed by atoms with van der Waals surface area (Å²) < 4.78 is 10.0. The Hall–Kier alpha value is -10.5. The normalized spacial score (nSPS) is 13.0. The highest BCUT2D eigenvalue weighted by atomic mass is 15.0. The first-order chi connectivity index (χ1) is 42.0. The van der Waals surface area contributed by atoms with E-state index in [1.54, 1.807) is 0 Å². The van der Waals surface area contributed by atoms with E-state index in [1.165, 1.54) is 164 Å². The van der Waals surface area contributed by atoms with Gasteiger partial charge in [0, 0.05) is 87.1 Å². The molecular weight excluding hydrogens is 1040 g/mol. The second-order valence-corrected chi connectivity index (χ2v) is 26.3. The quantitative estimate of drug-likeness (QED) is 0.173. The van der Waals surface area contributed by atoms with Crippen molar-refractivity contribution in [2.75, 3.05) is 0 Å². The van der Waals surface area contributed by atoms with Crippen LogP contribution in [0.3, 0.4) is 0 Å². The van der Waals surface area contributed by atoms with E-state index in [0.717, 1.165) is 22.5 Å². The van der Waals surface area contributed by atoms with E-state index < -0.39 is 0 Å². The van der Waals surface area contributed by atoms with Crippen LogP contribution in [0, 0.1) is 0 Å². The standard InChI is InChI=1S/C81H57N5/c1-80(2,3)50-41-59(49-34-36-69-61(39-49)57-30-18-20-32-67(57)84(69)53-25-11-8-12-26-53)75-63(42-50)62-40-47-22-14-16-28-55(47)73-74-72-65-44-51(81(4,5)6)43-64-71-54-27-15-13-21-46(54)37-58(77(71)85(76(64)65)70(72)45-82-79(74)86(75)78(62)73)48-33-35-68-60(38-48)56-29-17-19-31-66(56)83(68)52-23-9-7-10-24-52/h7-45H,1-6H3. The summed E-state index contributed by atoms with van der Waals surface area (Å²) >= 11 is 0. The van der Waals surface area contributed by atoms with E-state index in [9.17, 15) is 0 Å². The summed E-state index contributed by atoms with van der Waals surface area (Å²) in [5.41, 5.74) is 21.2. The van der Waals surface area contributed by atoms with Crippen LogP contribution in [-0.4, -0.2) is 22.9 Å². The third kappa shape index (κ3) is 6.26. The second-order valence-electron chi connectivity index (χ2n) is 26.3. The molecule has 0 aliphatic carbocycles. The van der Waals surface area contributed by atoms with Crippen molar-refractivity contribution >= 4 is 141 Å². The van der Waals surface area contributed by atoms with Gasteiger partial charge in [-0.3, -0.25) is 4.40 Å². The van der Waals surface area contributed by atoms with Crippen molar-refractivity contribution in [3.05, 3.63) is 248 Å². The second kappa shape index (κ2) is 16.6. The molecule has 0 aliphatic rings. The predicted octanol–water partition coefficient (Wildman–Crippen LogP) is 21.8. The zero-order chi connectivity index (χ0) is 57.2. The Morgan fingerprint density at radius 2 is 0.756 bits per heavy atom. The van der Waals surface area contributed by atoms with Crippen molar-refractivity contribution in [1.29, 1.82) is 0 Å². The lowest BCUT2D eigenvalue weighted by molar-refractivity contribution is 0.591. The fourth-order valence-corrected chi connectivity index (χ4v) is 15.5. The van der Waals surface area contributed by atoms with Crippen LogP contribution in [0.1, 0.15) is 52.7 Å². The summed E-state index contributed by atoms with van der Waals surface area (Å²) in [6, 6.07) is 86.7. The molecule has 86 heavy (non-hydrogen) atoms. The largest absolute Gasteiger partial charge is 0.309 e. The molecule has 0 saturated heterocycles. The zero-order valence-electron chi connectivity index (χ0n) is 48.8. The fourth-order valence-electron chi connectivity index (χ4n) is 15.5. The lowest BCUT2D eigenvalue weighted by atomic mass is 9.83. The summed E-state index contributed by atoms with van der Waals surface area (Å²) in [6.45, 7) is 14.2. The molecule has 7 aromatic heterocycles. The van der Waals surface area contributed by atoms with E-state index in [2.05, 4.69) is 296 Å². The first kappa shape index (κ1) is 47.9. The molecule has 19 aromatic rings. The Bertz CT molecular complexity index is 6130. The van der Waals surface area contributed by atoms with Gasteiger partial charge in [0.1, 0.15) is 5.65 Å². The predicted molar refractivity (Wildman–Crippen MR) is 366 cm³/mol. The van der Waals surface area contributed by atoms with Crippen LogP contribution < -0.4 is 0 Å². The molecule has 5 heteroatoms. The number of hydrogen-bond acceptors (Lipinski definition) is 1. The average molecular weight is 1100 g/mol. The smallest absolute Gasteiger partial charge is 0.146 e. The van der Waals surface area contributed by atoms with Crippen LogP contribution in [0.5, 0.6) is 0 Å². The van der Waals surface area contributed by atoms with Gasteiger partial charge in [-0.1, -0.05) is 175 Å². The van der Waals surface area contributed by atoms with Gasteiger partial charge in [0.2, 0.25) is 0 Å². The highest BCUT2D eigenvalue weighted by Crippen LogP contribution is 2.53. The van der Waals surface area contributed by atoms with Gasteiger partial charge in [-0.15, -0.1) is 0 Å². The highest BCUT2D eigenvalue weighted by Gasteiger charge is 2.32. The van der Waals surface area contributed by atoms with E-state index in [4.69, 9.17) is 4.98 Å². The molecule has 0 saturated carbocycles. The van der Waals surface area contributed by atoms with Crippen molar-refractivity contribution < 1.29 is 0 Å². The maximum absolute atomic E-state index is 5.87. The van der Waals surface area contributed by atoms with E-state index in [1.807, 2.05) is 0 Å². The number of hydrogen-bond donors (Lipinski definition) is 0. The molecule has 0 aliphatic heterocycles. The maximum atomic E-state index is 5.87. The molecule has 0 amide bonds. The molecule has 0 bridgehead atoms. The van der Waals surface area contributed by atoms with Crippen molar-refractivity contribution in [1.82, 2.24) is 22.9 Å². The van der Waals surface area contributed by atoms with Gasteiger partial charge < -0.3 is 13.5 Å². The molecule has 0 spiro atoms. The minimum Gasteiger partial charge on any atom is -0.309 e. The van der Waals surface area contributed by atoms with Crippen LogP contribution in [-0.2, 0) is 10.8 Å². The Morgan fingerprint density at radius 3 is 1.35 bits per heavy atom. The third-order valence-electron chi connectivity index (χ3n) is 19.5. The first-order valence-corrected chi connectivity index (χ1v) is 30.3. The van der Waals surface area contributed by atoms with Crippen molar-refractivity contribution in [3.8, 4) is 33.6 Å². The minimum atomic E-state index is -0.147. The van der Waals surface area contributed by atoms with Gasteiger partial charge >= 0.3 is 0 Å². The van der Waals surface area contributed by atoms with Crippen LogP contribution >= 0.6 is 0 Å². The molecular formula is C81H57N5. The molecule has 12 aromatic carbocycles. The average Bonchev–Trinajstić information content (AvgIpc) is 1.50. The molecule has 19 rings (SSSR count). The lowest BCUT2D eigenvalue weighted by Gasteiger charge is -2.21. The molecule has 0 N–H and O–H groups in total. The monoisotopic (exact) mass is 1100 g/mol. The highest BCUT2D eigenvalue weighted by molar-refractivity contribution is 6.41. The summed E-state index contributed by atoms with van der Waals surface area (Å²) in [6.07, 6.45) is 2.22. The van der Waals surface area contributed by atoms with Gasteiger partial charge in [0.15, 0.2) is 0 Å². The van der Waals surface area contributed by atoms with Crippen LogP contribution in [0.25, 0.3) is 175 Å². The number of benzene rings is 12. The summed E-state index contributed by atoms with van der Waals surface area (Å²) in [5, 5.41) is 20.0. The molecule has 0 fully saturated rings. The molecule has 0 radical (unpaired) electrons. The van der Waals surface area contributed by atoms with Gasteiger partial charge in [-0.2, -0.15) is 0 Å². The van der Waals surface area contributed by atoms with Crippen LogP contribution in [0.15, 0.2) is 237 Å². The summed E-state index contributed by atoms with van der Waals surface area (Å²) in [5.74, 6) is 0. The van der Waals surface area contributed by atoms with E-state index in [0.29, 0.717) is 0 Å². The molecule has 0 atom stereocenters. The van der Waals surface area contributed by atoms with Crippen molar-refractivity contribution in [2.24, 2.45) is 0 Å². The number of pyridine rings is 1. The Morgan fingerprint density at radius 1 is 0.291 bits per heavy atom. The Labute approximate surface area is 495 Å². The Balaban J connectivity index is 0.971. The number of fused-ring (bicyclic) bond motifs is 23. The van der Waals surface area contributed by atoms with Crippen LogP contribution in [0.2, 0.25) is 0 Å². The summed E-state index contributed by atoms with van der Waals surface area (Å²) in [4.78, 5) is 5.87. The van der Waals surface area contributed by atoms with Crippen molar-refractivity contribution in [2.45, 2.75) is 52.4 Å². The number of rotatable bonds is 4. The minimum absolute atomic E-state index is 0.123. The van der Waals surface area contributed by atoms with Crippen molar-refractivity contribution in [3.63, 3.8) is 0 Å². The molecule has 5 nitrogen and oxygen atoms in total. The SMILES string of the molecule is CC(C)(C)c1cc(-c2ccc3c(c2)c2ccccc2n3-c2ccccc2)c2c(c1)c1cc3ccccc3c3c4c5c6cc(C(C)(C)C)cc7c8c9ccccc9cc(-c9ccc%10c(c9)c9ccccc9n%10-c9ccccc9)c8n(c5cnc4n2c13)c67. The number of aromatic nitrogens is 5. The topological polar surface area (TPSA) is 31.6 Å². The van der Waals surface area contributed by atoms with Gasteiger partial charge in [0.05, 0.1) is 55.8 Å². The number of para-hydroxylation sites is 4. The lowest BCUT2D eigenvalue weighted by Crippen LogP contribution is -2.11. The first-order valence-electron chi connectivity index (χ1n) is 30.3. The van der Waals surface area contributed by atoms with Gasteiger partial charge in [-0.25, -0.2) is 4.98 Å². The fraction of sp³-hybridized carbons (Fsp3) is 0.0988. The molecule has 7 heterocycles. The zero-order valence-corrected chi connectivity index (χ0v) is 48.8. The van der Waals surface area contributed by atoms with Gasteiger partial charge in [0.25, 0.3) is 0 Å². The third-order valence-corrected chi connectivity index (χ3v) is 19.5. The van der Waals surface area contributed by atoms with Crippen LogP contribution in [0.4, 0.5) is 0 Å². The molecule has 406 valence electrons.